The molecule has 1 amide bonds. The minimum atomic E-state index is -0.360. The number of anilines is 1. The molecule has 1 rings (SSSR count). The average Bonchev–Trinajstić information content (AvgIpc) is 2.23. The van der Waals surface area contributed by atoms with E-state index in [-0.39, 0.29) is 16.5 Å². The lowest BCUT2D eigenvalue weighted by Crippen LogP contribution is -2.21. The first-order valence-electron chi connectivity index (χ1n) is 4.76. The van der Waals surface area contributed by atoms with Crippen molar-refractivity contribution in [1.29, 1.82) is 0 Å². The molecule has 0 saturated heterocycles. The highest BCUT2D eigenvalue weighted by Gasteiger charge is 2.06. The number of primary amides is 1. The third kappa shape index (κ3) is 3.23. The second-order valence-electron chi connectivity index (χ2n) is 3.30. The lowest BCUT2D eigenvalue weighted by atomic mass is 10.3. The normalized spacial score (nSPS) is 10.1. The van der Waals surface area contributed by atoms with Gasteiger partial charge in [-0.25, -0.2) is 4.68 Å². The number of nitrogens with one attached hydrogen (secondary N) is 1. The van der Waals surface area contributed by atoms with E-state index in [9.17, 15) is 9.59 Å². The second-order valence-corrected chi connectivity index (χ2v) is 3.68. The van der Waals surface area contributed by atoms with Gasteiger partial charge < -0.3 is 11.1 Å². The summed E-state index contributed by atoms with van der Waals surface area (Å²) >= 11 is 5.81. The van der Waals surface area contributed by atoms with E-state index >= 15 is 0 Å². The van der Waals surface area contributed by atoms with Crippen LogP contribution < -0.4 is 16.6 Å². The van der Waals surface area contributed by atoms with Crippen LogP contribution in [0.1, 0.15) is 12.8 Å². The number of nitrogens with two attached hydrogens (primary N) is 1. The van der Waals surface area contributed by atoms with Crippen molar-refractivity contribution in [2.45, 2.75) is 12.8 Å². The molecule has 0 unspecified atom stereocenters. The zero-order valence-corrected chi connectivity index (χ0v) is 9.62. The number of amides is 1. The van der Waals surface area contributed by atoms with Gasteiger partial charge in [0.25, 0.3) is 5.56 Å². The van der Waals surface area contributed by atoms with Crippen LogP contribution >= 0.6 is 11.6 Å². The first-order chi connectivity index (χ1) is 7.52. The van der Waals surface area contributed by atoms with Crippen LogP contribution in [0.4, 0.5) is 5.69 Å². The minimum Gasteiger partial charge on any atom is -0.382 e. The Labute approximate surface area is 97.4 Å². The van der Waals surface area contributed by atoms with Crippen LogP contribution in [0.2, 0.25) is 5.02 Å². The Bertz CT molecular complexity index is 444. The molecule has 0 bridgehead atoms. The molecule has 0 aliphatic carbocycles. The van der Waals surface area contributed by atoms with Crippen molar-refractivity contribution >= 4 is 23.2 Å². The highest BCUT2D eigenvalue weighted by molar-refractivity contribution is 6.32. The third-order valence-corrected chi connectivity index (χ3v) is 2.36. The highest BCUT2D eigenvalue weighted by Crippen LogP contribution is 2.14. The Morgan fingerprint density at radius 3 is 3.00 bits per heavy atom. The van der Waals surface area contributed by atoms with E-state index in [0.717, 1.165) is 4.68 Å². The molecule has 0 radical (unpaired) electrons. The van der Waals surface area contributed by atoms with Crippen LogP contribution in [-0.2, 0) is 11.8 Å². The van der Waals surface area contributed by atoms with E-state index in [1.165, 1.54) is 13.2 Å². The summed E-state index contributed by atoms with van der Waals surface area (Å²) in [6.07, 6.45) is 2.35. The van der Waals surface area contributed by atoms with E-state index in [1.807, 2.05) is 0 Å². The molecule has 1 heterocycles. The summed E-state index contributed by atoms with van der Waals surface area (Å²) in [6.45, 7) is 0.511. The smallest absolute Gasteiger partial charge is 0.287 e. The number of aromatic nitrogens is 2. The van der Waals surface area contributed by atoms with Gasteiger partial charge in [-0.3, -0.25) is 9.59 Å². The number of hydrogen-bond acceptors (Lipinski definition) is 4. The monoisotopic (exact) mass is 244 g/mol. The number of carbonyl (C=O) groups is 1. The predicted octanol–water partition coefficient (Wildman–Crippen LogP) is 0.111. The van der Waals surface area contributed by atoms with Crippen molar-refractivity contribution in [3.63, 3.8) is 0 Å². The van der Waals surface area contributed by atoms with Crippen LogP contribution in [-0.4, -0.2) is 22.2 Å². The number of rotatable bonds is 5. The zero-order chi connectivity index (χ0) is 12.1. The summed E-state index contributed by atoms with van der Waals surface area (Å²) in [5.41, 5.74) is 5.09. The SMILES string of the molecule is Cn1ncc(NCCCC(N)=O)c(Cl)c1=O. The summed E-state index contributed by atoms with van der Waals surface area (Å²) in [7, 11) is 1.52. The Morgan fingerprint density at radius 2 is 2.38 bits per heavy atom. The molecule has 16 heavy (non-hydrogen) atoms. The molecule has 1 aromatic rings. The molecule has 0 aromatic carbocycles. The molecule has 6 nitrogen and oxygen atoms in total. The zero-order valence-electron chi connectivity index (χ0n) is 8.86. The fourth-order valence-corrected chi connectivity index (χ4v) is 1.36. The fraction of sp³-hybridized carbons (Fsp3) is 0.444. The van der Waals surface area contributed by atoms with E-state index in [1.54, 1.807) is 0 Å². The van der Waals surface area contributed by atoms with Crippen molar-refractivity contribution in [1.82, 2.24) is 9.78 Å². The fourth-order valence-electron chi connectivity index (χ4n) is 1.12. The molecular weight excluding hydrogens is 232 g/mol. The maximum atomic E-state index is 11.4. The Hall–Kier alpha value is -1.56. The molecular formula is C9H13ClN4O2. The van der Waals surface area contributed by atoms with Gasteiger partial charge in [0.15, 0.2) is 0 Å². The maximum absolute atomic E-state index is 11.4. The minimum absolute atomic E-state index is 0.0941. The van der Waals surface area contributed by atoms with Crippen molar-refractivity contribution in [2.75, 3.05) is 11.9 Å². The summed E-state index contributed by atoms with van der Waals surface area (Å²) < 4.78 is 1.15. The molecule has 0 atom stereocenters. The van der Waals surface area contributed by atoms with Gasteiger partial charge in [0, 0.05) is 20.0 Å². The lowest BCUT2D eigenvalue weighted by molar-refractivity contribution is -0.118. The van der Waals surface area contributed by atoms with Gasteiger partial charge >= 0.3 is 0 Å². The first-order valence-corrected chi connectivity index (χ1v) is 5.14. The molecule has 0 fully saturated rings. The van der Waals surface area contributed by atoms with E-state index in [0.29, 0.717) is 25.1 Å². The van der Waals surface area contributed by atoms with Gasteiger partial charge in [-0.2, -0.15) is 5.10 Å². The van der Waals surface area contributed by atoms with E-state index in [2.05, 4.69) is 10.4 Å². The third-order valence-electron chi connectivity index (χ3n) is 1.99. The highest BCUT2D eigenvalue weighted by atomic mass is 35.5. The first kappa shape index (κ1) is 12.5. The number of carbonyl (C=O) groups excluding carboxylic acids is 1. The van der Waals surface area contributed by atoms with E-state index < -0.39 is 0 Å². The van der Waals surface area contributed by atoms with Crippen LogP contribution in [0, 0.1) is 0 Å². The molecule has 0 aliphatic heterocycles. The summed E-state index contributed by atoms with van der Waals surface area (Å²) in [4.78, 5) is 21.9. The van der Waals surface area contributed by atoms with Crippen molar-refractivity contribution < 1.29 is 4.79 Å². The quantitative estimate of drug-likeness (QED) is 0.720. The van der Waals surface area contributed by atoms with Gasteiger partial charge in [0.2, 0.25) is 5.91 Å². The van der Waals surface area contributed by atoms with Gasteiger partial charge in [0.05, 0.1) is 11.9 Å². The molecule has 88 valence electrons. The number of hydrogen-bond donors (Lipinski definition) is 2. The van der Waals surface area contributed by atoms with Crippen molar-refractivity contribution in [3.05, 3.63) is 21.6 Å². The molecule has 0 saturated carbocycles. The largest absolute Gasteiger partial charge is 0.382 e. The van der Waals surface area contributed by atoms with Crippen molar-refractivity contribution in [3.8, 4) is 0 Å². The second kappa shape index (κ2) is 5.50. The average molecular weight is 245 g/mol. The summed E-state index contributed by atoms with van der Waals surface area (Å²) in [6, 6.07) is 0. The maximum Gasteiger partial charge on any atom is 0.287 e. The van der Waals surface area contributed by atoms with Crippen LogP contribution in [0.15, 0.2) is 11.0 Å². The van der Waals surface area contributed by atoms with Crippen LogP contribution in [0.25, 0.3) is 0 Å². The van der Waals surface area contributed by atoms with Gasteiger partial charge in [-0.15, -0.1) is 0 Å². The number of halogens is 1. The standard InChI is InChI=1S/C9H13ClN4O2/c1-14-9(16)8(10)6(5-13-14)12-4-2-3-7(11)15/h5,12H,2-4H2,1H3,(H2,11,15). The molecule has 7 heteroatoms. The molecule has 0 aliphatic rings. The predicted molar refractivity (Wildman–Crippen MR) is 61.4 cm³/mol. The van der Waals surface area contributed by atoms with Crippen LogP contribution in [0.5, 0.6) is 0 Å². The van der Waals surface area contributed by atoms with Gasteiger partial charge in [-0.05, 0) is 6.42 Å². The Balaban J connectivity index is 2.58. The van der Waals surface area contributed by atoms with Gasteiger partial charge in [-0.1, -0.05) is 11.6 Å². The summed E-state index contributed by atoms with van der Waals surface area (Å²) in [5.74, 6) is -0.352. The topological polar surface area (TPSA) is 90.0 Å². The Morgan fingerprint density at radius 1 is 1.69 bits per heavy atom. The van der Waals surface area contributed by atoms with E-state index in [4.69, 9.17) is 17.3 Å². The number of aryl methyl sites for hydroxylation is 1. The molecule has 0 spiro atoms. The summed E-state index contributed by atoms with van der Waals surface area (Å²) in [5, 5.41) is 6.83. The Kier molecular flexibility index (Phi) is 4.30. The molecule has 3 N–H and O–H groups in total. The van der Waals surface area contributed by atoms with Crippen molar-refractivity contribution in [2.24, 2.45) is 12.8 Å². The lowest BCUT2D eigenvalue weighted by Gasteiger charge is -2.07. The number of nitrogens with zero attached hydrogens (tertiary/aromatic N) is 2. The van der Waals surface area contributed by atoms with Crippen LogP contribution in [0.3, 0.4) is 0 Å². The molecule has 1 aromatic heterocycles. The van der Waals surface area contributed by atoms with Gasteiger partial charge in [0.1, 0.15) is 5.02 Å².